The summed E-state index contributed by atoms with van der Waals surface area (Å²) < 4.78 is 46.6. The second kappa shape index (κ2) is 8.47. The Morgan fingerprint density at radius 3 is 2.43 bits per heavy atom. The maximum Gasteiger partial charge on any atom is 0.421 e. The van der Waals surface area contributed by atoms with Crippen LogP contribution in [0.5, 0.6) is 5.75 Å². The van der Waals surface area contributed by atoms with Crippen molar-refractivity contribution < 1.29 is 17.9 Å². The minimum Gasteiger partial charge on any atom is -0.492 e. The molecule has 0 atom stereocenters. The predicted octanol–water partition coefficient (Wildman–Crippen LogP) is 6.14. The lowest BCUT2D eigenvalue weighted by Gasteiger charge is -2.16. The summed E-state index contributed by atoms with van der Waals surface area (Å²) in [6.07, 6.45) is -3.86. The Bertz CT molecular complexity index is 949. The number of para-hydroxylation sites is 2. The van der Waals surface area contributed by atoms with Crippen molar-refractivity contribution in [1.82, 2.24) is 9.97 Å². The topological polar surface area (TPSA) is 59.1 Å². The summed E-state index contributed by atoms with van der Waals surface area (Å²) in [5.74, 6) is 0.0973. The number of benzene rings is 2. The molecule has 0 saturated carbocycles. The molecule has 146 valence electrons. The summed E-state index contributed by atoms with van der Waals surface area (Å²) in [7, 11) is 0. The Hall–Kier alpha value is -2.81. The van der Waals surface area contributed by atoms with Crippen LogP contribution in [0.3, 0.4) is 0 Å². The first-order valence-corrected chi connectivity index (χ1v) is 9.12. The third kappa shape index (κ3) is 4.92. The average Bonchev–Trinajstić information content (AvgIpc) is 2.65. The third-order valence-electron chi connectivity index (χ3n) is 3.63. The normalized spacial score (nSPS) is 11.2. The maximum absolute atomic E-state index is 13.4. The first-order chi connectivity index (χ1) is 13.4. The summed E-state index contributed by atoms with van der Waals surface area (Å²) in [6, 6.07) is 13.8. The van der Waals surface area contributed by atoms with Crippen molar-refractivity contribution in [1.29, 1.82) is 0 Å². The number of alkyl halides is 3. The van der Waals surface area contributed by atoms with Gasteiger partial charge in [0.05, 0.1) is 12.3 Å². The van der Waals surface area contributed by atoms with Crippen molar-refractivity contribution in [3.63, 3.8) is 0 Å². The first-order valence-electron chi connectivity index (χ1n) is 8.32. The molecule has 28 heavy (non-hydrogen) atoms. The Morgan fingerprint density at radius 2 is 1.75 bits per heavy atom. The minimum absolute atomic E-state index is 0.0340. The van der Waals surface area contributed by atoms with Gasteiger partial charge in [0.15, 0.2) is 0 Å². The number of aromatic nitrogens is 2. The molecule has 2 N–H and O–H groups in total. The quantitative estimate of drug-likeness (QED) is 0.470. The fourth-order valence-corrected chi connectivity index (χ4v) is 2.65. The van der Waals surface area contributed by atoms with E-state index in [1.54, 1.807) is 55.5 Å². The Balaban J connectivity index is 1.96. The van der Waals surface area contributed by atoms with Gasteiger partial charge < -0.3 is 15.4 Å². The van der Waals surface area contributed by atoms with Gasteiger partial charge in [-0.3, -0.25) is 0 Å². The molecule has 9 heteroatoms. The molecule has 0 fully saturated rings. The molecular weight excluding hydrogens is 437 g/mol. The molecule has 0 saturated heterocycles. The zero-order valence-corrected chi connectivity index (χ0v) is 16.3. The molecule has 0 aliphatic heterocycles. The molecule has 0 unspecified atom stereocenters. The highest BCUT2D eigenvalue weighted by Crippen LogP contribution is 2.37. The number of nitrogens with one attached hydrogen (secondary N) is 2. The van der Waals surface area contributed by atoms with Crippen molar-refractivity contribution in [2.75, 3.05) is 17.2 Å². The number of halogens is 4. The van der Waals surface area contributed by atoms with Gasteiger partial charge >= 0.3 is 6.18 Å². The molecule has 0 amide bonds. The fraction of sp³-hybridized carbons (Fsp3) is 0.158. The zero-order chi connectivity index (χ0) is 20.1. The van der Waals surface area contributed by atoms with Crippen LogP contribution in [0.15, 0.2) is 59.2 Å². The summed E-state index contributed by atoms with van der Waals surface area (Å²) in [5, 5.41) is 5.62. The number of hydrogen-bond donors (Lipinski definition) is 2. The largest absolute Gasteiger partial charge is 0.492 e. The van der Waals surface area contributed by atoms with Crippen LogP contribution in [0.4, 0.5) is 36.3 Å². The average molecular weight is 453 g/mol. The molecule has 5 nitrogen and oxygen atoms in total. The van der Waals surface area contributed by atoms with Crippen molar-refractivity contribution in [3.8, 4) is 5.75 Å². The zero-order valence-electron chi connectivity index (χ0n) is 14.7. The molecular formula is C19H16BrF3N4O. The summed E-state index contributed by atoms with van der Waals surface area (Å²) in [6.45, 7) is 2.17. The maximum atomic E-state index is 13.4. The van der Waals surface area contributed by atoms with Crippen LogP contribution >= 0.6 is 15.9 Å². The van der Waals surface area contributed by atoms with Crippen LogP contribution in [-0.2, 0) is 6.18 Å². The molecule has 2 aromatic carbocycles. The lowest BCUT2D eigenvalue weighted by atomic mass is 10.2. The Labute approximate surface area is 168 Å². The van der Waals surface area contributed by atoms with Gasteiger partial charge in [0.2, 0.25) is 5.95 Å². The third-order valence-corrected chi connectivity index (χ3v) is 4.16. The number of nitrogens with zero attached hydrogens (tertiary/aromatic N) is 2. The Kier molecular flexibility index (Phi) is 6.03. The fourth-order valence-electron chi connectivity index (χ4n) is 2.39. The molecule has 0 bridgehead atoms. The highest BCUT2D eigenvalue weighted by Gasteiger charge is 2.35. The minimum atomic E-state index is -4.61. The lowest BCUT2D eigenvalue weighted by molar-refractivity contribution is -0.137. The molecule has 3 aromatic rings. The smallest absolute Gasteiger partial charge is 0.421 e. The van der Waals surface area contributed by atoms with Crippen molar-refractivity contribution >= 4 is 39.1 Å². The first kappa shape index (κ1) is 19.9. The highest BCUT2D eigenvalue weighted by molar-refractivity contribution is 9.10. The van der Waals surface area contributed by atoms with Crippen molar-refractivity contribution in [2.24, 2.45) is 0 Å². The van der Waals surface area contributed by atoms with Gasteiger partial charge in [0.25, 0.3) is 0 Å². The van der Waals surface area contributed by atoms with E-state index in [1.807, 2.05) is 0 Å². The molecule has 1 heterocycles. The van der Waals surface area contributed by atoms with Crippen LogP contribution in [0.2, 0.25) is 0 Å². The van der Waals surface area contributed by atoms with Crippen LogP contribution in [0.1, 0.15) is 12.5 Å². The number of ether oxygens (including phenoxy) is 1. The SMILES string of the molecule is CCOc1ccccc1Nc1nc(Nc2ccc(Br)cc2)ncc1C(F)(F)F. The van der Waals surface area contributed by atoms with Crippen LogP contribution < -0.4 is 15.4 Å². The molecule has 0 spiro atoms. The summed E-state index contributed by atoms with van der Waals surface area (Å²) in [4.78, 5) is 7.83. The van der Waals surface area contributed by atoms with E-state index in [0.29, 0.717) is 23.7 Å². The van der Waals surface area contributed by atoms with E-state index in [0.717, 1.165) is 10.7 Å². The van der Waals surface area contributed by atoms with Gasteiger partial charge in [0.1, 0.15) is 17.1 Å². The van der Waals surface area contributed by atoms with Crippen molar-refractivity contribution in [3.05, 3.63) is 64.8 Å². The van der Waals surface area contributed by atoms with Gasteiger partial charge in [-0.05, 0) is 43.3 Å². The van der Waals surface area contributed by atoms with E-state index in [9.17, 15) is 13.2 Å². The number of anilines is 4. The second-order valence-electron chi connectivity index (χ2n) is 5.64. The summed E-state index contributed by atoms with van der Waals surface area (Å²) in [5.41, 5.74) is 0.0481. The lowest BCUT2D eigenvalue weighted by Crippen LogP contribution is -2.13. The van der Waals surface area contributed by atoms with E-state index in [2.05, 4.69) is 36.5 Å². The van der Waals surface area contributed by atoms with Crippen LogP contribution in [0, 0.1) is 0 Å². The van der Waals surface area contributed by atoms with Crippen molar-refractivity contribution in [2.45, 2.75) is 13.1 Å². The standard InChI is InChI=1S/C19H16BrF3N4O/c1-2-28-16-6-4-3-5-15(16)26-17-14(19(21,22)23)11-24-18(27-17)25-13-9-7-12(20)8-10-13/h3-11H,2H2,1H3,(H2,24,25,26,27). The van der Waals surface area contributed by atoms with E-state index < -0.39 is 11.7 Å². The molecule has 3 rings (SSSR count). The van der Waals surface area contributed by atoms with Gasteiger partial charge in [-0.2, -0.15) is 18.2 Å². The van der Waals surface area contributed by atoms with Crippen LogP contribution in [0.25, 0.3) is 0 Å². The van der Waals surface area contributed by atoms with Gasteiger partial charge in [-0.15, -0.1) is 0 Å². The number of hydrogen-bond acceptors (Lipinski definition) is 5. The number of rotatable bonds is 6. The van der Waals surface area contributed by atoms with E-state index in [1.165, 1.54) is 0 Å². The Morgan fingerprint density at radius 1 is 1.04 bits per heavy atom. The van der Waals surface area contributed by atoms with Crippen LogP contribution in [-0.4, -0.2) is 16.6 Å². The second-order valence-corrected chi connectivity index (χ2v) is 6.56. The summed E-state index contributed by atoms with van der Waals surface area (Å²) >= 11 is 3.32. The van der Waals surface area contributed by atoms with Gasteiger partial charge in [-0.1, -0.05) is 28.1 Å². The monoisotopic (exact) mass is 452 g/mol. The van der Waals surface area contributed by atoms with Gasteiger partial charge in [-0.25, -0.2) is 4.98 Å². The molecule has 0 radical (unpaired) electrons. The van der Waals surface area contributed by atoms with E-state index >= 15 is 0 Å². The van der Waals surface area contributed by atoms with Gasteiger partial charge in [0, 0.05) is 16.4 Å². The highest BCUT2D eigenvalue weighted by atomic mass is 79.9. The molecule has 0 aliphatic carbocycles. The van der Waals surface area contributed by atoms with E-state index in [-0.39, 0.29) is 11.8 Å². The van der Waals surface area contributed by atoms with E-state index in [4.69, 9.17) is 4.74 Å². The molecule has 1 aromatic heterocycles. The molecule has 0 aliphatic rings. The predicted molar refractivity (Wildman–Crippen MR) is 105 cm³/mol.